The van der Waals surface area contributed by atoms with Crippen LogP contribution in [0.3, 0.4) is 0 Å². The van der Waals surface area contributed by atoms with Gasteiger partial charge in [-0.25, -0.2) is 4.39 Å². The zero-order valence-corrected chi connectivity index (χ0v) is 18.9. The Labute approximate surface area is 197 Å². The Morgan fingerprint density at radius 2 is 1.79 bits per heavy atom. The van der Waals surface area contributed by atoms with Crippen molar-refractivity contribution in [3.8, 4) is 5.75 Å². The van der Waals surface area contributed by atoms with Gasteiger partial charge in [0, 0.05) is 30.2 Å². The molecule has 0 bridgehead atoms. The standard InChI is InChI=1S/C24H26ClFN2O5/c25-19-4-2-6-21(14-19)32-17-24(15-22(29)27-7-10-31-11-8-27)16-28(9-12-33-24)23(30)18-3-1-5-20(26)13-18/h1-6,13-14H,7-12,15-17H2/t24-/m0/s1. The number of ether oxygens (including phenoxy) is 3. The van der Waals surface area contributed by atoms with E-state index in [2.05, 4.69) is 0 Å². The molecule has 7 nitrogen and oxygen atoms in total. The number of halogens is 2. The number of hydrogen-bond donors (Lipinski definition) is 0. The number of benzene rings is 2. The molecular weight excluding hydrogens is 451 g/mol. The van der Waals surface area contributed by atoms with Gasteiger partial charge in [0.25, 0.3) is 5.91 Å². The Bertz CT molecular complexity index is 1000. The van der Waals surface area contributed by atoms with Gasteiger partial charge in [0.1, 0.15) is 23.8 Å². The van der Waals surface area contributed by atoms with Crippen molar-refractivity contribution in [3.05, 3.63) is 64.9 Å². The SMILES string of the molecule is O=C(C[C@@]1(COc2cccc(Cl)c2)CN(C(=O)c2cccc(F)c2)CCO1)N1CCOCC1. The summed E-state index contributed by atoms with van der Waals surface area (Å²) >= 11 is 6.06. The van der Waals surface area contributed by atoms with E-state index in [1.165, 1.54) is 18.2 Å². The van der Waals surface area contributed by atoms with Crippen molar-refractivity contribution in [2.24, 2.45) is 0 Å². The van der Waals surface area contributed by atoms with E-state index in [0.29, 0.717) is 43.6 Å². The highest BCUT2D eigenvalue weighted by Gasteiger charge is 2.42. The molecule has 2 amide bonds. The van der Waals surface area contributed by atoms with Gasteiger partial charge in [-0.05, 0) is 36.4 Å². The lowest BCUT2D eigenvalue weighted by Gasteiger charge is -2.43. The van der Waals surface area contributed by atoms with Crippen LogP contribution >= 0.6 is 11.6 Å². The third-order valence-electron chi connectivity index (χ3n) is 5.74. The van der Waals surface area contributed by atoms with E-state index < -0.39 is 11.4 Å². The van der Waals surface area contributed by atoms with Crippen molar-refractivity contribution in [1.29, 1.82) is 0 Å². The van der Waals surface area contributed by atoms with Crippen LogP contribution in [0, 0.1) is 5.82 Å². The first-order valence-electron chi connectivity index (χ1n) is 10.9. The molecular formula is C24H26ClFN2O5. The third-order valence-corrected chi connectivity index (χ3v) is 5.98. The summed E-state index contributed by atoms with van der Waals surface area (Å²) in [6, 6.07) is 12.5. The maximum Gasteiger partial charge on any atom is 0.254 e. The molecule has 2 fully saturated rings. The Morgan fingerprint density at radius 1 is 1.03 bits per heavy atom. The van der Waals surface area contributed by atoms with Crippen LogP contribution in [0.15, 0.2) is 48.5 Å². The Morgan fingerprint density at radius 3 is 2.55 bits per heavy atom. The smallest absolute Gasteiger partial charge is 0.254 e. The molecule has 33 heavy (non-hydrogen) atoms. The minimum atomic E-state index is -1.06. The van der Waals surface area contributed by atoms with Crippen LogP contribution in [0.5, 0.6) is 5.75 Å². The van der Waals surface area contributed by atoms with Crippen LogP contribution in [-0.2, 0) is 14.3 Å². The molecule has 176 valence electrons. The molecule has 2 aliphatic rings. The second kappa shape index (κ2) is 10.5. The molecule has 0 unspecified atom stereocenters. The quantitative estimate of drug-likeness (QED) is 0.641. The van der Waals surface area contributed by atoms with E-state index in [1.807, 2.05) is 0 Å². The predicted octanol–water partition coefficient (Wildman–Crippen LogP) is 3.02. The van der Waals surface area contributed by atoms with Crippen molar-refractivity contribution in [1.82, 2.24) is 9.80 Å². The topological polar surface area (TPSA) is 68.3 Å². The molecule has 2 aliphatic heterocycles. The fourth-order valence-electron chi connectivity index (χ4n) is 4.04. The number of hydrogen-bond acceptors (Lipinski definition) is 5. The summed E-state index contributed by atoms with van der Waals surface area (Å²) in [4.78, 5) is 29.5. The van der Waals surface area contributed by atoms with E-state index in [4.69, 9.17) is 25.8 Å². The number of amides is 2. The number of nitrogens with zero attached hydrogens (tertiary/aromatic N) is 2. The largest absolute Gasteiger partial charge is 0.490 e. The highest BCUT2D eigenvalue weighted by molar-refractivity contribution is 6.30. The first-order valence-corrected chi connectivity index (χ1v) is 11.2. The summed E-state index contributed by atoms with van der Waals surface area (Å²) in [5.41, 5.74) is -0.806. The van der Waals surface area contributed by atoms with Crippen LogP contribution in [0.25, 0.3) is 0 Å². The molecule has 0 N–H and O–H groups in total. The summed E-state index contributed by atoms with van der Waals surface area (Å²) in [6.45, 7) is 2.75. The molecule has 9 heteroatoms. The molecule has 1 atom stereocenters. The molecule has 0 saturated carbocycles. The summed E-state index contributed by atoms with van der Waals surface area (Å²) in [6.07, 6.45) is 0.0422. The second-order valence-corrected chi connectivity index (χ2v) is 8.62. The minimum Gasteiger partial charge on any atom is -0.490 e. The minimum absolute atomic E-state index is 0.0422. The van der Waals surface area contributed by atoms with Gasteiger partial charge < -0.3 is 24.0 Å². The lowest BCUT2D eigenvalue weighted by molar-refractivity contribution is -0.155. The zero-order chi connectivity index (χ0) is 23.3. The van der Waals surface area contributed by atoms with Crippen molar-refractivity contribution in [3.63, 3.8) is 0 Å². The molecule has 2 heterocycles. The Hall–Kier alpha value is -2.68. The van der Waals surface area contributed by atoms with Crippen LogP contribution in [-0.4, -0.2) is 79.8 Å². The molecule has 0 spiro atoms. The Balaban J connectivity index is 1.53. The fraction of sp³-hybridized carbons (Fsp3) is 0.417. The summed E-state index contributed by atoms with van der Waals surface area (Å²) in [5, 5.41) is 0.526. The van der Waals surface area contributed by atoms with Gasteiger partial charge in [-0.2, -0.15) is 0 Å². The van der Waals surface area contributed by atoms with Crippen molar-refractivity contribution < 1.29 is 28.2 Å². The average molecular weight is 477 g/mol. The maximum atomic E-state index is 13.7. The first kappa shape index (κ1) is 23.5. The van der Waals surface area contributed by atoms with Gasteiger partial charge in [-0.15, -0.1) is 0 Å². The maximum absolute atomic E-state index is 13.7. The number of carbonyl (C=O) groups excluding carboxylic acids is 2. The van der Waals surface area contributed by atoms with Gasteiger partial charge in [0.05, 0.1) is 32.8 Å². The summed E-state index contributed by atoms with van der Waals surface area (Å²) < 4.78 is 31.1. The second-order valence-electron chi connectivity index (χ2n) is 8.18. The number of morpholine rings is 2. The number of rotatable bonds is 6. The van der Waals surface area contributed by atoms with E-state index in [-0.39, 0.29) is 43.6 Å². The van der Waals surface area contributed by atoms with E-state index in [0.717, 1.165) is 0 Å². The summed E-state index contributed by atoms with van der Waals surface area (Å²) in [7, 11) is 0. The molecule has 0 aromatic heterocycles. The molecule has 2 aromatic carbocycles. The van der Waals surface area contributed by atoms with Gasteiger partial charge in [-0.1, -0.05) is 23.7 Å². The molecule has 4 rings (SSSR count). The van der Waals surface area contributed by atoms with Crippen LogP contribution in [0.1, 0.15) is 16.8 Å². The first-order chi connectivity index (χ1) is 15.9. The van der Waals surface area contributed by atoms with E-state index in [1.54, 1.807) is 40.1 Å². The summed E-state index contributed by atoms with van der Waals surface area (Å²) in [5.74, 6) is -0.346. The zero-order valence-electron chi connectivity index (χ0n) is 18.2. The highest BCUT2D eigenvalue weighted by atomic mass is 35.5. The molecule has 0 radical (unpaired) electrons. The molecule has 0 aliphatic carbocycles. The monoisotopic (exact) mass is 476 g/mol. The van der Waals surface area contributed by atoms with Gasteiger partial charge in [0.2, 0.25) is 5.91 Å². The van der Waals surface area contributed by atoms with Gasteiger partial charge in [-0.3, -0.25) is 9.59 Å². The van der Waals surface area contributed by atoms with E-state index >= 15 is 0 Å². The Kier molecular flexibility index (Phi) is 7.47. The lowest BCUT2D eigenvalue weighted by Crippen LogP contribution is -2.58. The normalized spacial score (nSPS) is 21.0. The van der Waals surface area contributed by atoms with Crippen molar-refractivity contribution in [2.45, 2.75) is 12.0 Å². The third kappa shape index (κ3) is 6.01. The highest BCUT2D eigenvalue weighted by Crippen LogP contribution is 2.27. The van der Waals surface area contributed by atoms with Gasteiger partial charge in [0.15, 0.2) is 0 Å². The van der Waals surface area contributed by atoms with Gasteiger partial charge >= 0.3 is 0 Å². The van der Waals surface area contributed by atoms with Crippen molar-refractivity contribution in [2.75, 3.05) is 52.6 Å². The van der Waals surface area contributed by atoms with Crippen LogP contribution < -0.4 is 4.74 Å². The lowest BCUT2D eigenvalue weighted by atomic mass is 9.96. The number of carbonyl (C=O) groups is 2. The molecule has 2 saturated heterocycles. The van der Waals surface area contributed by atoms with Crippen LogP contribution in [0.4, 0.5) is 4.39 Å². The van der Waals surface area contributed by atoms with Crippen LogP contribution in [0.2, 0.25) is 5.02 Å². The fourth-order valence-corrected chi connectivity index (χ4v) is 4.22. The van der Waals surface area contributed by atoms with E-state index in [9.17, 15) is 14.0 Å². The molecule has 2 aromatic rings. The average Bonchev–Trinajstić information content (AvgIpc) is 2.83. The predicted molar refractivity (Wildman–Crippen MR) is 120 cm³/mol. The van der Waals surface area contributed by atoms with Crippen molar-refractivity contribution >= 4 is 23.4 Å².